The maximum atomic E-state index is 11.6. The van der Waals surface area contributed by atoms with Gasteiger partial charge in [-0.3, -0.25) is 0 Å². The van der Waals surface area contributed by atoms with Gasteiger partial charge in [-0.25, -0.2) is 0 Å². The maximum absolute atomic E-state index is 11.6. The summed E-state index contributed by atoms with van der Waals surface area (Å²) in [6, 6.07) is 9.25. The second kappa shape index (κ2) is 5.30. The first kappa shape index (κ1) is 15.1. The molecule has 2 aromatic carbocycles. The van der Waals surface area contributed by atoms with Crippen molar-refractivity contribution in [3.8, 4) is 11.8 Å². The van der Waals surface area contributed by atoms with E-state index >= 15 is 0 Å². The molecule has 5 nitrogen and oxygen atoms in total. The predicted molar refractivity (Wildman–Crippen MR) is 86.3 cm³/mol. The molecule has 0 fully saturated rings. The molecule has 7 heteroatoms. The van der Waals surface area contributed by atoms with E-state index in [1.807, 2.05) is 0 Å². The fourth-order valence-corrected chi connectivity index (χ4v) is 4.01. The van der Waals surface area contributed by atoms with E-state index in [0.717, 1.165) is 5.56 Å². The Morgan fingerprint density at radius 1 is 1.29 bits per heavy atom. The summed E-state index contributed by atoms with van der Waals surface area (Å²) in [5.74, 6) is -1.16. The van der Waals surface area contributed by atoms with Crippen LogP contribution in [0, 0.1) is 11.3 Å². The third-order valence-electron chi connectivity index (χ3n) is 4.36. The molecular formula is C17H9Cl2N2O3-. The molecule has 2 aromatic rings. The van der Waals surface area contributed by atoms with E-state index in [2.05, 4.69) is 11.4 Å². The van der Waals surface area contributed by atoms with Crippen molar-refractivity contribution in [1.82, 2.24) is 0 Å². The smallest absolute Gasteiger partial charge is 0.135 e. The normalized spacial score (nSPS) is 23.1. The molecule has 0 radical (unpaired) electrons. The first-order valence-corrected chi connectivity index (χ1v) is 7.92. The third kappa shape index (κ3) is 2.11. The number of hydrogen-bond acceptors (Lipinski definition) is 5. The molecule has 3 unspecified atom stereocenters. The van der Waals surface area contributed by atoms with Gasteiger partial charge in [-0.15, -0.1) is 0 Å². The van der Waals surface area contributed by atoms with Crippen LogP contribution in [0.15, 0.2) is 30.3 Å². The number of nitriles is 1. The second-order valence-corrected chi connectivity index (χ2v) is 6.56. The summed E-state index contributed by atoms with van der Waals surface area (Å²) in [7, 11) is 0. The van der Waals surface area contributed by atoms with Crippen LogP contribution in [0.5, 0.6) is 5.75 Å². The van der Waals surface area contributed by atoms with Crippen LogP contribution in [0.3, 0.4) is 0 Å². The monoisotopic (exact) mass is 359 g/mol. The number of carboxylic acids is 1. The molecule has 0 spiro atoms. The molecule has 2 aliphatic rings. The van der Waals surface area contributed by atoms with Crippen molar-refractivity contribution in [2.24, 2.45) is 0 Å². The Kier molecular flexibility index (Phi) is 3.34. The molecular weight excluding hydrogens is 351 g/mol. The van der Waals surface area contributed by atoms with Crippen molar-refractivity contribution in [2.75, 3.05) is 5.32 Å². The third-order valence-corrected chi connectivity index (χ3v) is 4.90. The van der Waals surface area contributed by atoms with Crippen LogP contribution in [-0.2, 0) is 4.79 Å². The number of fused-ring (bicyclic) bond motifs is 5. The molecule has 0 aliphatic carbocycles. The van der Waals surface area contributed by atoms with Gasteiger partial charge >= 0.3 is 0 Å². The molecule has 2 heterocycles. The number of nitrogens with one attached hydrogen (secondary N) is 1. The van der Waals surface area contributed by atoms with Crippen molar-refractivity contribution in [1.29, 1.82) is 5.26 Å². The van der Waals surface area contributed by atoms with E-state index in [9.17, 15) is 9.90 Å². The maximum Gasteiger partial charge on any atom is 0.135 e. The molecule has 0 saturated carbocycles. The Hall–Kier alpha value is -2.42. The zero-order valence-corrected chi connectivity index (χ0v) is 13.6. The van der Waals surface area contributed by atoms with Gasteiger partial charge < -0.3 is 20.0 Å². The number of carbonyl (C=O) groups is 1. The van der Waals surface area contributed by atoms with Gasteiger partial charge in [-0.1, -0.05) is 23.2 Å². The highest BCUT2D eigenvalue weighted by Gasteiger charge is 2.46. The molecule has 0 aromatic heterocycles. The van der Waals surface area contributed by atoms with Gasteiger partial charge in [0.05, 0.1) is 23.5 Å². The number of ether oxygens (including phenoxy) is 1. The van der Waals surface area contributed by atoms with Gasteiger partial charge in [0.2, 0.25) is 0 Å². The molecule has 0 bridgehead atoms. The largest absolute Gasteiger partial charge is 0.548 e. The van der Waals surface area contributed by atoms with Crippen LogP contribution >= 0.6 is 23.2 Å². The van der Waals surface area contributed by atoms with E-state index in [0.29, 0.717) is 32.6 Å². The highest BCUT2D eigenvalue weighted by molar-refractivity contribution is 6.35. The number of benzene rings is 2. The quantitative estimate of drug-likeness (QED) is 0.844. The van der Waals surface area contributed by atoms with Gasteiger partial charge in [-0.2, -0.15) is 5.26 Å². The molecule has 2 aliphatic heterocycles. The summed E-state index contributed by atoms with van der Waals surface area (Å²) in [6.07, 6.45) is -0.717. The number of halogens is 2. The average molecular weight is 360 g/mol. The standard InChI is InChI=1S/C17H10Cl2N2O3/c18-8-4-10(19)14-11(5-8)21-15(17(22)23)16-13(14)9-3-7(6-20)1-2-12(9)24-16/h1-5,13,15-16,21H,(H,22,23)/p-1. The topological polar surface area (TPSA) is 85.2 Å². The lowest BCUT2D eigenvalue weighted by molar-refractivity contribution is -0.308. The van der Waals surface area contributed by atoms with Gasteiger partial charge in [0.15, 0.2) is 0 Å². The number of rotatable bonds is 1. The van der Waals surface area contributed by atoms with E-state index in [-0.39, 0.29) is 0 Å². The summed E-state index contributed by atoms with van der Waals surface area (Å²) in [4.78, 5) is 11.6. The Bertz CT molecular complexity index is 923. The van der Waals surface area contributed by atoms with Crippen LogP contribution in [-0.4, -0.2) is 18.1 Å². The minimum Gasteiger partial charge on any atom is -0.548 e. The fraction of sp³-hybridized carbons (Fsp3) is 0.176. The number of nitrogens with zero attached hydrogens (tertiary/aromatic N) is 1. The van der Waals surface area contributed by atoms with Crippen LogP contribution in [0.1, 0.15) is 22.6 Å². The summed E-state index contributed by atoms with van der Waals surface area (Å²) in [6.45, 7) is 0. The van der Waals surface area contributed by atoms with Gasteiger partial charge in [0.1, 0.15) is 17.9 Å². The zero-order valence-electron chi connectivity index (χ0n) is 12.0. The first-order valence-electron chi connectivity index (χ1n) is 7.16. The van der Waals surface area contributed by atoms with Gasteiger partial charge in [0.25, 0.3) is 0 Å². The van der Waals surface area contributed by atoms with Gasteiger partial charge in [-0.05, 0) is 30.3 Å². The van der Waals surface area contributed by atoms with E-state index in [1.165, 1.54) is 0 Å². The van der Waals surface area contributed by atoms with E-state index in [4.69, 9.17) is 33.2 Å². The Morgan fingerprint density at radius 3 is 2.79 bits per heavy atom. The Morgan fingerprint density at radius 2 is 2.08 bits per heavy atom. The van der Waals surface area contributed by atoms with Gasteiger partial charge in [0, 0.05) is 26.9 Å². The Labute approximate surface area is 147 Å². The van der Waals surface area contributed by atoms with Crippen LogP contribution in [0.2, 0.25) is 10.0 Å². The van der Waals surface area contributed by atoms with Crippen LogP contribution < -0.4 is 15.2 Å². The van der Waals surface area contributed by atoms with Crippen molar-refractivity contribution < 1.29 is 14.6 Å². The van der Waals surface area contributed by atoms with Crippen LogP contribution in [0.4, 0.5) is 5.69 Å². The lowest BCUT2D eigenvalue weighted by Gasteiger charge is -2.37. The average Bonchev–Trinajstić information content (AvgIpc) is 2.91. The molecule has 4 rings (SSSR count). The van der Waals surface area contributed by atoms with Crippen molar-refractivity contribution in [3.63, 3.8) is 0 Å². The predicted octanol–water partition coefficient (Wildman–Crippen LogP) is 2.30. The highest BCUT2D eigenvalue weighted by Crippen LogP contribution is 2.51. The fourth-order valence-electron chi connectivity index (χ4n) is 3.40. The first-order chi connectivity index (χ1) is 11.5. The summed E-state index contributed by atoms with van der Waals surface area (Å²) in [5.41, 5.74) is 2.43. The van der Waals surface area contributed by atoms with E-state index < -0.39 is 24.0 Å². The SMILES string of the molecule is N#Cc1ccc2c(c1)C1c3c(Cl)cc(Cl)cc3NC(C(=O)[O-])C1O2. The molecule has 1 N–H and O–H groups in total. The number of hydrogen-bond donors (Lipinski definition) is 1. The minimum absolute atomic E-state index is 0.395. The highest BCUT2D eigenvalue weighted by atomic mass is 35.5. The molecule has 0 amide bonds. The summed E-state index contributed by atoms with van der Waals surface area (Å²) >= 11 is 12.4. The minimum atomic E-state index is -1.28. The molecule has 0 saturated heterocycles. The van der Waals surface area contributed by atoms with Crippen molar-refractivity contribution in [3.05, 3.63) is 57.1 Å². The summed E-state index contributed by atoms with van der Waals surface area (Å²) in [5, 5.41) is 24.4. The summed E-state index contributed by atoms with van der Waals surface area (Å²) < 4.78 is 5.84. The number of anilines is 1. The van der Waals surface area contributed by atoms with Crippen LogP contribution in [0.25, 0.3) is 0 Å². The van der Waals surface area contributed by atoms with Crippen molar-refractivity contribution in [2.45, 2.75) is 18.1 Å². The number of carboxylic acid groups (broad SMARTS) is 1. The molecule has 120 valence electrons. The number of carbonyl (C=O) groups excluding carboxylic acids is 1. The lowest BCUT2D eigenvalue weighted by Crippen LogP contribution is -2.53. The number of aliphatic carboxylic acids is 1. The molecule has 24 heavy (non-hydrogen) atoms. The van der Waals surface area contributed by atoms with Crippen molar-refractivity contribution >= 4 is 34.9 Å². The molecule has 3 atom stereocenters. The zero-order chi connectivity index (χ0) is 17.0. The Balaban J connectivity index is 1.97. The second-order valence-electron chi connectivity index (χ2n) is 5.71. The lowest BCUT2D eigenvalue weighted by atomic mass is 9.81. The van der Waals surface area contributed by atoms with E-state index in [1.54, 1.807) is 30.3 Å².